The van der Waals surface area contributed by atoms with Crippen LogP contribution >= 0.6 is 0 Å². The third kappa shape index (κ3) is 1.82. The molecule has 23 heavy (non-hydrogen) atoms. The third-order valence-electron chi connectivity index (χ3n) is 4.06. The fourth-order valence-corrected chi connectivity index (χ4v) is 2.97. The van der Waals surface area contributed by atoms with Gasteiger partial charge in [-0.15, -0.1) is 0 Å². The molecule has 4 heteroatoms. The lowest BCUT2D eigenvalue weighted by Crippen LogP contribution is -1.88. The van der Waals surface area contributed by atoms with Gasteiger partial charge in [0.2, 0.25) is 0 Å². The molecule has 4 nitrogen and oxygen atoms in total. The summed E-state index contributed by atoms with van der Waals surface area (Å²) in [6, 6.07) is 14.0. The van der Waals surface area contributed by atoms with Gasteiger partial charge in [0.1, 0.15) is 16.9 Å². The number of furan rings is 1. The Labute approximate surface area is 131 Å². The molecule has 0 spiro atoms. The highest BCUT2D eigenvalue weighted by Gasteiger charge is 2.14. The SMILES string of the molecule is c1ccc2cc(-c3nccc4oc5ccncc5c34)ncc2c1. The second kappa shape index (κ2) is 4.61. The lowest BCUT2D eigenvalue weighted by Gasteiger charge is -2.04. The smallest absolute Gasteiger partial charge is 0.139 e. The zero-order valence-corrected chi connectivity index (χ0v) is 12.1. The van der Waals surface area contributed by atoms with Crippen molar-refractivity contribution in [3.8, 4) is 11.4 Å². The van der Waals surface area contributed by atoms with Crippen LogP contribution in [0.3, 0.4) is 0 Å². The molecular formula is C19H11N3O. The Morgan fingerprint density at radius 2 is 1.65 bits per heavy atom. The molecule has 5 rings (SSSR count). The summed E-state index contributed by atoms with van der Waals surface area (Å²) >= 11 is 0. The van der Waals surface area contributed by atoms with E-state index in [9.17, 15) is 0 Å². The van der Waals surface area contributed by atoms with E-state index < -0.39 is 0 Å². The molecule has 0 bridgehead atoms. The maximum atomic E-state index is 5.89. The number of aromatic nitrogens is 3. The standard InChI is InChI=1S/C19H11N3O/c1-2-4-13-10-22-15(9-12(13)3-1)19-18-14-11-20-7-5-16(14)23-17(18)6-8-21-19/h1-11H. The molecule has 0 amide bonds. The zero-order chi connectivity index (χ0) is 15.2. The number of fused-ring (bicyclic) bond motifs is 4. The summed E-state index contributed by atoms with van der Waals surface area (Å²) in [5.74, 6) is 0. The van der Waals surface area contributed by atoms with Crippen molar-refractivity contribution >= 4 is 32.7 Å². The predicted octanol–water partition coefficient (Wildman–Crippen LogP) is 4.59. The van der Waals surface area contributed by atoms with Crippen molar-refractivity contribution in [2.24, 2.45) is 0 Å². The molecule has 0 aliphatic heterocycles. The second-order valence-electron chi connectivity index (χ2n) is 5.42. The molecule has 0 aliphatic rings. The average Bonchev–Trinajstić information content (AvgIpc) is 3.00. The van der Waals surface area contributed by atoms with Crippen LogP contribution in [0, 0.1) is 0 Å². The first-order chi connectivity index (χ1) is 11.4. The highest BCUT2D eigenvalue weighted by molar-refractivity contribution is 6.10. The molecule has 0 saturated heterocycles. The van der Waals surface area contributed by atoms with Crippen LogP contribution in [-0.2, 0) is 0 Å². The number of rotatable bonds is 1. The van der Waals surface area contributed by atoms with E-state index in [1.54, 1.807) is 12.4 Å². The summed E-state index contributed by atoms with van der Waals surface area (Å²) in [4.78, 5) is 13.4. The van der Waals surface area contributed by atoms with Gasteiger partial charge >= 0.3 is 0 Å². The van der Waals surface area contributed by atoms with Crippen LogP contribution in [0.4, 0.5) is 0 Å². The monoisotopic (exact) mass is 297 g/mol. The van der Waals surface area contributed by atoms with Crippen molar-refractivity contribution in [1.82, 2.24) is 15.0 Å². The lowest BCUT2D eigenvalue weighted by atomic mass is 10.1. The first-order valence-corrected chi connectivity index (χ1v) is 7.36. The first kappa shape index (κ1) is 12.3. The number of pyridine rings is 3. The highest BCUT2D eigenvalue weighted by atomic mass is 16.3. The van der Waals surface area contributed by atoms with Gasteiger partial charge in [0.25, 0.3) is 0 Å². The van der Waals surface area contributed by atoms with E-state index in [0.717, 1.165) is 44.1 Å². The molecule has 1 aromatic carbocycles. The Morgan fingerprint density at radius 3 is 2.61 bits per heavy atom. The lowest BCUT2D eigenvalue weighted by molar-refractivity contribution is 0.668. The van der Waals surface area contributed by atoms with Gasteiger partial charge < -0.3 is 4.42 Å². The zero-order valence-electron chi connectivity index (χ0n) is 12.1. The van der Waals surface area contributed by atoms with Crippen molar-refractivity contribution in [1.29, 1.82) is 0 Å². The summed E-state index contributed by atoms with van der Waals surface area (Å²) in [6.07, 6.45) is 7.18. The van der Waals surface area contributed by atoms with Crippen LogP contribution in [0.2, 0.25) is 0 Å². The minimum atomic E-state index is 0.799. The third-order valence-corrected chi connectivity index (χ3v) is 4.06. The molecule has 0 N–H and O–H groups in total. The maximum absolute atomic E-state index is 5.89. The molecule has 0 aliphatic carbocycles. The maximum Gasteiger partial charge on any atom is 0.139 e. The summed E-state index contributed by atoms with van der Waals surface area (Å²) in [5.41, 5.74) is 3.26. The van der Waals surface area contributed by atoms with Crippen LogP contribution in [-0.4, -0.2) is 15.0 Å². The Bertz CT molecular complexity index is 1180. The number of hydrogen-bond acceptors (Lipinski definition) is 4. The fourth-order valence-electron chi connectivity index (χ4n) is 2.97. The van der Waals surface area contributed by atoms with Gasteiger partial charge in [0.15, 0.2) is 0 Å². The van der Waals surface area contributed by atoms with E-state index in [-0.39, 0.29) is 0 Å². The molecular weight excluding hydrogens is 286 g/mol. The Kier molecular flexibility index (Phi) is 2.46. The van der Waals surface area contributed by atoms with Crippen LogP contribution < -0.4 is 0 Å². The minimum absolute atomic E-state index is 0.799. The van der Waals surface area contributed by atoms with Crippen molar-refractivity contribution in [3.05, 3.63) is 67.3 Å². The molecule has 4 aromatic heterocycles. The summed E-state index contributed by atoms with van der Waals surface area (Å²) in [7, 11) is 0. The van der Waals surface area contributed by atoms with Gasteiger partial charge in [0.05, 0.1) is 11.1 Å². The van der Waals surface area contributed by atoms with E-state index in [0.29, 0.717) is 0 Å². The van der Waals surface area contributed by atoms with E-state index >= 15 is 0 Å². The van der Waals surface area contributed by atoms with E-state index in [2.05, 4.69) is 33.2 Å². The fraction of sp³-hybridized carbons (Fsp3) is 0. The number of benzene rings is 1. The van der Waals surface area contributed by atoms with E-state index in [1.165, 1.54) is 0 Å². The van der Waals surface area contributed by atoms with Crippen molar-refractivity contribution < 1.29 is 4.42 Å². The predicted molar refractivity (Wildman–Crippen MR) is 90.0 cm³/mol. The van der Waals surface area contributed by atoms with Crippen molar-refractivity contribution in [3.63, 3.8) is 0 Å². The van der Waals surface area contributed by atoms with Gasteiger partial charge in [-0.2, -0.15) is 0 Å². The topological polar surface area (TPSA) is 51.8 Å². The largest absolute Gasteiger partial charge is 0.456 e. The Hall–Kier alpha value is -3.27. The summed E-state index contributed by atoms with van der Waals surface area (Å²) in [5, 5.41) is 4.17. The van der Waals surface area contributed by atoms with Gasteiger partial charge in [-0.1, -0.05) is 24.3 Å². The van der Waals surface area contributed by atoms with Gasteiger partial charge in [-0.05, 0) is 23.6 Å². The van der Waals surface area contributed by atoms with Crippen LogP contribution in [0.15, 0.2) is 71.7 Å². The van der Waals surface area contributed by atoms with Gasteiger partial charge in [-0.25, -0.2) is 0 Å². The molecule has 0 unspecified atom stereocenters. The molecule has 4 heterocycles. The quantitative estimate of drug-likeness (QED) is 0.454. The van der Waals surface area contributed by atoms with Crippen molar-refractivity contribution in [2.75, 3.05) is 0 Å². The molecule has 0 radical (unpaired) electrons. The van der Waals surface area contributed by atoms with Crippen LogP contribution in [0.25, 0.3) is 44.1 Å². The second-order valence-corrected chi connectivity index (χ2v) is 5.42. The summed E-state index contributed by atoms with van der Waals surface area (Å²) in [6.45, 7) is 0. The minimum Gasteiger partial charge on any atom is -0.456 e. The molecule has 5 aromatic rings. The average molecular weight is 297 g/mol. The Morgan fingerprint density at radius 1 is 0.783 bits per heavy atom. The summed E-state index contributed by atoms with van der Waals surface area (Å²) < 4.78 is 5.89. The van der Waals surface area contributed by atoms with E-state index in [4.69, 9.17) is 4.42 Å². The highest BCUT2D eigenvalue weighted by Crippen LogP contribution is 2.34. The molecule has 0 saturated carbocycles. The van der Waals surface area contributed by atoms with Crippen LogP contribution in [0.1, 0.15) is 0 Å². The molecule has 0 atom stereocenters. The van der Waals surface area contributed by atoms with Crippen molar-refractivity contribution in [2.45, 2.75) is 0 Å². The van der Waals surface area contributed by atoms with E-state index in [1.807, 2.05) is 36.7 Å². The number of nitrogens with zero attached hydrogens (tertiary/aromatic N) is 3. The first-order valence-electron chi connectivity index (χ1n) is 7.36. The van der Waals surface area contributed by atoms with Gasteiger partial charge in [0, 0.05) is 35.6 Å². The Balaban J connectivity index is 1.87. The van der Waals surface area contributed by atoms with Gasteiger partial charge in [-0.3, -0.25) is 15.0 Å². The molecule has 108 valence electrons. The van der Waals surface area contributed by atoms with Crippen LogP contribution in [0.5, 0.6) is 0 Å². The molecule has 0 fully saturated rings. The number of hydrogen-bond donors (Lipinski definition) is 0. The normalized spacial score (nSPS) is 11.5.